The highest BCUT2D eigenvalue weighted by molar-refractivity contribution is 7.98. The lowest BCUT2D eigenvalue weighted by Gasteiger charge is -2.08. The molecule has 1 N–H and O–H groups in total. The molecule has 4 aromatic rings. The average molecular weight is 408 g/mol. The van der Waals surface area contributed by atoms with Gasteiger partial charge in [0.2, 0.25) is 5.91 Å². The summed E-state index contributed by atoms with van der Waals surface area (Å²) < 4.78 is 1.90. The number of thioether (sulfide) groups is 1. The second-order valence-electron chi connectivity index (χ2n) is 6.01. The Labute approximate surface area is 170 Å². The number of carbonyl (C=O) groups is 1. The first-order chi connectivity index (χ1) is 13.7. The molecule has 28 heavy (non-hydrogen) atoms. The van der Waals surface area contributed by atoms with Crippen molar-refractivity contribution in [3.63, 3.8) is 0 Å². The first-order valence-corrected chi connectivity index (χ1v) is 10.5. The summed E-state index contributed by atoms with van der Waals surface area (Å²) in [6.45, 7) is 1.49. The van der Waals surface area contributed by atoms with Crippen molar-refractivity contribution in [1.82, 2.24) is 19.7 Å². The summed E-state index contributed by atoms with van der Waals surface area (Å²) in [5.41, 5.74) is 3.76. The molecule has 8 heteroatoms. The summed E-state index contributed by atoms with van der Waals surface area (Å²) in [6, 6.07) is 17.8. The van der Waals surface area contributed by atoms with Crippen LogP contribution in [0.15, 0.2) is 71.5 Å². The molecule has 2 aromatic carbocycles. The third-order valence-corrected chi connectivity index (χ3v) is 5.80. The van der Waals surface area contributed by atoms with Gasteiger partial charge >= 0.3 is 0 Å². The first kappa shape index (κ1) is 18.4. The number of hydrogen-bond donors (Lipinski definition) is 1. The predicted molar refractivity (Wildman–Crippen MR) is 113 cm³/mol. The molecule has 2 aromatic heterocycles. The molecular formula is C20H17N5OS2. The second-order valence-corrected chi connectivity index (χ2v) is 7.81. The molecule has 0 unspecified atom stereocenters. The second kappa shape index (κ2) is 8.37. The lowest BCUT2D eigenvalue weighted by atomic mass is 10.2. The van der Waals surface area contributed by atoms with E-state index in [1.54, 1.807) is 29.4 Å². The number of thiazole rings is 1. The zero-order valence-electron chi connectivity index (χ0n) is 15.1. The molecule has 0 atom stereocenters. The summed E-state index contributed by atoms with van der Waals surface area (Å²) in [5, 5.41) is 14.9. The molecule has 0 aliphatic rings. The van der Waals surface area contributed by atoms with Gasteiger partial charge in [-0.1, -0.05) is 48.2 Å². The molecule has 0 fully saturated rings. The number of nitrogens with zero attached hydrogens (tertiary/aromatic N) is 4. The van der Waals surface area contributed by atoms with Crippen LogP contribution in [0, 0.1) is 0 Å². The Hall–Kier alpha value is -2.97. The van der Waals surface area contributed by atoms with Gasteiger partial charge in [0.15, 0.2) is 5.16 Å². The SMILES string of the molecule is CC(=O)Nc1cccc(-n2cnnc2SCc2csc(-c3ccccc3)n2)c1. The molecule has 0 saturated carbocycles. The molecule has 1 amide bonds. The molecule has 0 spiro atoms. The van der Waals surface area contributed by atoms with Gasteiger partial charge in [0.25, 0.3) is 0 Å². The van der Waals surface area contributed by atoms with Gasteiger partial charge in [-0.15, -0.1) is 21.5 Å². The summed E-state index contributed by atoms with van der Waals surface area (Å²) in [7, 11) is 0. The van der Waals surface area contributed by atoms with Crippen LogP contribution in [0.1, 0.15) is 12.6 Å². The van der Waals surface area contributed by atoms with Crippen LogP contribution in [-0.4, -0.2) is 25.7 Å². The summed E-state index contributed by atoms with van der Waals surface area (Å²) in [5.74, 6) is 0.598. The predicted octanol–water partition coefficient (Wildman–Crippen LogP) is 4.64. The van der Waals surface area contributed by atoms with Crippen molar-refractivity contribution < 1.29 is 4.79 Å². The molecule has 0 bridgehead atoms. The van der Waals surface area contributed by atoms with Gasteiger partial charge in [-0.3, -0.25) is 9.36 Å². The van der Waals surface area contributed by atoms with Crippen LogP contribution < -0.4 is 5.32 Å². The van der Waals surface area contributed by atoms with E-state index in [1.165, 1.54) is 6.92 Å². The average Bonchev–Trinajstić information content (AvgIpc) is 3.36. The van der Waals surface area contributed by atoms with Crippen LogP contribution in [0.3, 0.4) is 0 Å². The van der Waals surface area contributed by atoms with Crippen molar-refractivity contribution >= 4 is 34.7 Å². The van der Waals surface area contributed by atoms with Gasteiger partial charge in [0.05, 0.1) is 11.4 Å². The van der Waals surface area contributed by atoms with Crippen LogP contribution in [-0.2, 0) is 10.5 Å². The topological polar surface area (TPSA) is 72.7 Å². The van der Waals surface area contributed by atoms with E-state index in [1.807, 2.05) is 47.0 Å². The molecular weight excluding hydrogens is 390 g/mol. The number of amides is 1. The maximum absolute atomic E-state index is 11.3. The molecule has 6 nitrogen and oxygen atoms in total. The maximum Gasteiger partial charge on any atom is 0.221 e. The number of nitrogens with one attached hydrogen (secondary N) is 1. The van der Waals surface area contributed by atoms with Crippen molar-refractivity contribution in [1.29, 1.82) is 0 Å². The molecule has 2 heterocycles. The standard InChI is InChI=1S/C20H17N5OS2/c1-14(26)22-16-8-5-9-18(10-16)25-13-21-24-20(25)28-12-17-11-27-19(23-17)15-6-3-2-4-7-15/h2-11,13H,12H2,1H3,(H,22,26). The largest absolute Gasteiger partial charge is 0.326 e. The van der Waals surface area contributed by atoms with Crippen LogP contribution >= 0.6 is 23.1 Å². The third kappa shape index (κ3) is 4.29. The van der Waals surface area contributed by atoms with Crippen molar-refractivity contribution in [2.45, 2.75) is 17.8 Å². The highest BCUT2D eigenvalue weighted by Crippen LogP contribution is 2.28. The molecule has 0 aliphatic heterocycles. The molecule has 140 valence electrons. The number of rotatable bonds is 6. The number of hydrogen-bond acceptors (Lipinski definition) is 6. The molecule has 4 rings (SSSR count). The Kier molecular flexibility index (Phi) is 5.50. The molecule has 0 radical (unpaired) electrons. The van der Waals surface area contributed by atoms with Crippen molar-refractivity contribution in [3.05, 3.63) is 72.0 Å². The van der Waals surface area contributed by atoms with E-state index in [4.69, 9.17) is 4.98 Å². The third-order valence-electron chi connectivity index (χ3n) is 3.88. The fourth-order valence-corrected chi connectivity index (χ4v) is 4.41. The lowest BCUT2D eigenvalue weighted by molar-refractivity contribution is -0.114. The highest BCUT2D eigenvalue weighted by atomic mass is 32.2. The first-order valence-electron chi connectivity index (χ1n) is 8.60. The summed E-state index contributed by atoms with van der Waals surface area (Å²) in [4.78, 5) is 16.0. The van der Waals surface area contributed by atoms with Crippen molar-refractivity contribution in [2.75, 3.05) is 5.32 Å². The van der Waals surface area contributed by atoms with Crippen molar-refractivity contribution in [2.24, 2.45) is 0 Å². The molecule has 0 aliphatic carbocycles. The Balaban J connectivity index is 1.48. The number of anilines is 1. The molecule has 0 saturated heterocycles. The van der Waals surface area contributed by atoms with E-state index in [-0.39, 0.29) is 5.91 Å². The summed E-state index contributed by atoms with van der Waals surface area (Å²) >= 11 is 3.22. The van der Waals surface area contributed by atoms with E-state index in [2.05, 4.69) is 33.0 Å². The monoisotopic (exact) mass is 407 g/mol. The van der Waals surface area contributed by atoms with Crippen molar-refractivity contribution in [3.8, 4) is 16.3 Å². The van der Waals surface area contributed by atoms with Gasteiger partial charge in [-0.2, -0.15) is 0 Å². The Bertz CT molecular complexity index is 1090. The fraction of sp³-hybridized carbons (Fsp3) is 0.100. The van der Waals surface area contributed by atoms with Gasteiger partial charge in [0.1, 0.15) is 11.3 Å². The number of carbonyl (C=O) groups excluding carboxylic acids is 1. The van der Waals surface area contributed by atoms with E-state index in [9.17, 15) is 4.79 Å². The minimum absolute atomic E-state index is 0.103. The smallest absolute Gasteiger partial charge is 0.221 e. The minimum atomic E-state index is -0.103. The Morgan fingerprint density at radius 1 is 1.18 bits per heavy atom. The summed E-state index contributed by atoms with van der Waals surface area (Å²) in [6.07, 6.45) is 1.67. The normalized spacial score (nSPS) is 10.8. The van der Waals surface area contributed by atoms with E-state index in [0.717, 1.165) is 32.8 Å². The minimum Gasteiger partial charge on any atom is -0.326 e. The lowest BCUT2D eigenvalue weighted by Crippen LogP contribution is -2.06. The van der Waals surface area contributed by atoms with Crippen LogP contribution in [0.25, 0.3) is 16.3 Å². The zero-order valence-corrected chi connectivity index (χ0v) is 16.7. The number of benzene rings is 2. The Morgan fingerprint density at radius 3 is 2.86 bits per heavy atom. The zero-order chi connectivity index (χ0) is 19.3. The van der Waals surface area contributed by atoms with E-state index < -0.39 is 0 Å². The van der Waals surface area contributed by atoms with Crippen LogP contribution in [0.4, 0.5) is 5.69 Å². The van der Waals surface area contributed by atoms with Gasteiger partial charge in [0, 0.05) is 29.3 Å². The van der Waals surface area contributed by atoms with Gasteiger partial charge < -0.3 is 5.32 Å². The van der Waals surface area contributed by atoms with Gasteiger partial charge in [-0.05, 0) is 18.2 Å². The quantitative estimate of drug-likeness (QED) is 0.471. The fourth-order valence-electron chi connectivity index (χ4n) is 2.66. The maximum atomic E-state index is 11.3. The Morgan fingerprint density at radius 2 is 2.04 bits per heavy atom. The van der Waals surface area contributed by atoms with Gasteiger partial charge in [-0.25, -0.2) is 4.98 Å². The van der Waals surface area contributed by atoms with E-state index in [0.29, 0.717) is 5.75 Å². The van der Waals surface area contributed by atoms with Crippen LogP contribution in [0.2, 0.25) is 0 Å². The number of aromatic nitrogens is 4. The van der Waals surface area contributed by atoms with E-state index >= 15 is 0 Å². The highest BCUT2D eigenvalue weighted by Gasteiger charge is 2.10. The van der Waals surface area contributed by atoms with Crippen LogP contribution in [0.5, 0.6) is 0 Å².